The van der Waals surface area contributed by atoms with Crippen LogP contribution in [-0.2, 0) is 6.42 Å². The Hall–Kier alpha value is -2.08. The first-order valence-corrected chi connectivity index (χ1v) is 7.38. The van der Waals surface area contributed by atoms with Gasteiger partial charge in [-0.1, -0.05) is 16.8 Å². The third-order valence-electron chi connectivity index (χ3n) is 2.68. The molecule has 0 radical (unpaired) electrons. The lowest BCUT2D eigenvalue weighted by molar-refractivity contribution is 0.380. The standard InChI is InChI=1S/C15H20ClN5O/c1-15(2,3)20-14(17)18-9-8-12-19-13(21-22-12)10-4-6-11(16)7-5-10/h4-7H,8-9H2,1-3H3,(H3,17,18,20). The number of hydrogen-bond acceptors (Lipinski definition) is 4. The van der Waals surface area contributed by atoms with E-state index in [0.717, 1.165) is 5.56 Å². The molecular formula is C15H20ClN5O. The molecule has 0 saturated heterocycles. The molecule has 6 nitrogen and oxygen atoms in total. The van der Waals surface area contributed by atoms with Crippen LogP contribution in [0.4, 0.5) is 0 Å². The molecule has 3 N–H and O–H groups in total. The number of nitrogens with zero attached hydrogens (tertiary/aromatic N) is 3. The van der Waals surface area contributed by atoms with E-state index in [0.29, 0.717) is 35.7 Å². The maximum atomic E-state index is 5.85. The summed E-state index contributed by atoms with van der Waals surface area (Å²) >= 11 is 5.85. The van der Waals surface area contributed by atoms with Crippen LogP contribution in [0.1, 0.15) is 26.7 Å². The summed E-state index contributed by atoms with van der Waals surface area (Å²) in [5.41, 5.74) is 6.54. The zero-order valence-electron chi connectivity index (χ0n) is 12.9. The zero-order chi connectivity index (χ0) is 16.2. The van der Waals surface area contributed by atoms with E-state index in [-0.39, 0.29) is 5.54 Å². The first kappa shape index (κ1) is 16.3. The monoisotopic (exact) mass is 321 g/mol. The summed E-state index contributed by atoms with van der Waals surface area (Å²) in [4.78, 5) is 8.57. The van der Waals surface area contributed by atoms with E-state index in [1.807, 2.05) is 32.9 Å². The lowest BCUT2D eigenvalue weighted by atomic mass is 10.1. The summed E-state index contributed by atoms with van der Waals surface area (Å²) in [6, 6.07) is 7.27. The van der Waals surface area contributed by atoms with Crippen molar-refractivity contribution in [2.24, 2.45) is 10.7 Å². The molecule has 0 bridgehead atoms. The molecule has 0 unspecified atom stereocenters. The van der Waals surface area contributed by atoms with Crippen molar-refractivity contribution in [3.63, 3.8) is 0 Å². The highest BCUT2D eigenvalue weighted by atomic mass is 35.5. The molecule has 0 aliphatic rings. The number of rotatable bonds is 4. The summed E-state index contributed by atoms with van der Waals surface area (Å²) in [7, 11) is 0. The van der Waals surface area contributed by atoms with Crippen molar-refractivity contribution in [3.05, 3.63) is 35.2 Å². The SMILES string of the molecule is CC(C)(C)NC(N)=NCCc1nc(-c2ccc(Cl)cc2)no1. The molecule has 0 aliphatic carbocycles. The van der Waals surface area contributed by atoms with Gasteiger partial charge < -0.3 is 15.6 Å². The summed E-state index contributed by atoms with van der Waals surface area (Å²) in [6.45, 7) is 6.54. The van der Waals surface area contributed by atoms with Gasteiger partial charge in [0.05, 0.1) is 6.54 Å². The third-order valence-corrected chi connectivity index (χ3v) is 2.93. The van der Waals surface area contributed by atoms with Gasteiger partial charge >= 0.3 is 0 Å². The van der Waals surface area contributed by atoms with Gasteiger partial charge in [0.25, 0.3) is 0 Å². The second-order valence-electron chi connectivity index (χ2n) is 5.91. The summed E-state index contributed by atoms with van der Waals surface area (Å²) in [5.74, 6) is 1.47. The van der Waals surface area contributed by atoms with Crippen LogP contribution in [0.3, 0.4) is 0 Å². The maximum absolute atomic E-state index is 5.85. The summed E-state index contributed by atoms with van der Waals surface area (Å²) in [5, 5.41) is 7.71. The van der Waals surface area contributed by atoms with Gasteiger partial charge in [-0.2, -0.15) is 4.98 Å². The van der Waals surface area contributed by atoms with Crippen molar-refractivity contribution < 1.29 is 4.52 Å². The second-order valence-corrected chi connectivity index (χ2v) is 6.35. The van der Waals surface area contributed by atoms with E-state index in [1.54, 1.807) is 12.1 Å². The number of aromatic nitrogens is 2. The highest BCUT2D eigenvalue weighted by Gasteiger charge is 2.10. The van der Waals surface area contributed by atoms with E-state index in [2.05, 4.69) is 20.4 Å². The second kappa shape index (κ2) is 6.79. The number of nitrogens with one attached hydrogen (secondary N) is 1. The summed E-state index contributed by atoms with van der Waals surface area (Å²) in [6.07, 6.45) is 0.535. The van der Waals surface area contributed by atoms with Crippen LogP contribution in [0.15, 0.2) is 33.8 Å². The van der Waals surface area contributed by atoms with Crippen molar-refractivity contribution in [1.29, 1.82) is 0 Å². The highest BCUT2D eigenvalue weighted by Crippen LogP contribution is 2.18. The minimum absolute atomic E-state index is 0.111. The van der Waals surface area contributed by atoms with Crippen LogP contribution in [0.25, 0.3) is 11.4 Å². The first-order valence-electron chi connectivity index (χ1n) is 7.00. The smallest absolute Gasteiger partial charge is 0.228 e. The first-order chi connectivity index (χ1) is 10.3. The zero-order valence-corrected chi connectivity index (χ0v) is 13.7. The van der Waals surface area contributed by atoms with Crippen LogP contribution >= 0.6 is 11.6 Å². The van der Waals surface area contributed by atoms with Gasteiger partial charge in [-0.25, -0.2) is 0 Å². The van der Waals surface area contributed by atoms with Gasteiger partial charge in [-0.15, -0.1) is 0 Å². The van der Waals surface area contributed by atoms with Gasteiger partial charge in [-0.3, -0.25) is 4.99 Å². The average molecular weight is 322 g/mol. The number of guanidine groups is 1. The molecule has 1 aromatic heterocycles. The Balaban J connectivity index is 1.92. The van der Waals surface area contributed by atoms with Crippen molar-refractivity contribution in [2.75, 3.05) is 6.54 Å². The molecule has 118 valence electrons. The molecule has 22 heavy (non-hydrogen) atoms. The Morgan fingerprint density at radius 3 is 2.64 bits per heavy atom. The van der Waals surface area contributed by atoms with Crippen molar-refractivity contribution in [3.8, 4) is 11.4 Å². The number of hydrogen-bond donors (Lipinski definition) is 2. The van der Waals surface area contributed by atoms with Crippen LogP contribution in [0.5, 0.6) is 0 Å². The number of halogens is 1. The van der Waals surface area contributed by atoms with Crippen molar-refractivity contribution in [1.82, 2.24) is 15.5 Å². The van der Waals surface area contributed by atoms with Crippen LogP contribution < -0.4 is 11.1 Å². The summed E-state index contributed by atoms with van der Waals surface area (Å²) < 4.78 is 5.21. The lowest BCUT2D eigenvalue weighted by Gasteiger charge is -2.20. The number of aliphatic imine (C=N–C) groups is 1. The molecule has 0 saturated carbocycles. The predicted molar refractivity (Wildman–Crippen MR) is 87.8 cm³/mol. The van der Waals surface area contributed by atoms with Crippen LogP contribution in [0.2, 0.25) is 5.02 Å². The quantitative estimate of drug-likeness (QED) is 0.667. The molecule has 0 fully saturated rings. The molecule has 7 heteroatoms. The number of nitrogens with two attached hydrogens (primary N) is 1. The molecule has 0 amide bonds. The molecule has 0 spiro atoms. The van der Waals surface area contributed by atoms with Gasteiger partial charge in [0, 0.05) is 22.5 Å². The van der Waals surface area contributed by atoms with E-state index < -0.39 is 0 Å². The van der Waals surface area contributed by atoms with E-state index in [4.69, 9.17) is 21.9 Å². The Labute approximate surface area is 134 Å². The largest absolute Gasteiger partial charge is 0.370 e. The minimum Gasteiger partial charge on any atom is -0.370 e. The fourth-order valence-corrected chi connectivity index (χ4v) is 1.89. The van der Waals surface area contributed by atoms with Gasteiger partial charge in [0.15, 0.2) is 5.96 Å². The minimum atomic E-state index is -0.111. The topological polar surface area (TPSA) is 89.3 Å². The third kappa shape index (κ3) is 5.04. The van der Waals surface area contributed by atoms with Gasteiger partial charge in [0.1, 0.15) is 0 Å². The van der Waals surface area contributed by atoms with Crippen molar-refractivity contribution in [2.45, 2.75) is 32.7 Å². The molecule has 1 aromatic carbocycles. The lowest BCUT2D eigenvalue weighted by Crippen LogP contribution is -2.45. The molecule has 0 atom stereocenters. The highest BCUT2D eigenvalue weighted by molar-refractivity contribution is 6.30. The Bertz CT molecular complexity index is 643. The molecule has 2 aromatic rings. The Kier molecular flexibility index (Phi) is 5.03. The molecule has 1 heterocycles. The molecule has 2 rings (SSSR count). The molecular weight excluding hydrogens is 302 g/mol. The van der Waals surface area contributed by atoms with Crippen molar-refractivity contribution >= 4 is 17.6 Å². The average Bonchev–Trinajstić information content (AvgIpc) is 2.86. The van der Waals surface area contributed by atoms with Crippen LogP contribution in [0, 0.1) is 0 Å². The number of benzene rings is 1. The van der Waals surface area contributed by atoms with Crippen LogP contribution in [-0.4, -0.2) is 28.2 Å². The van der Waals surface area contributed by atoms with E-state index in [1.165, 1.54) is 0 Å². The van der Waals surface area contributed by atoms with E-state index in [9.17, 15) is 0 Å². The van der Waals surface area contributed by atoms with Gasteiger partial charge in [-0.05, 0) is 45.0 Å². The Morgan fingerprint density at radius 2 is 2.00 bits per heavy atom. The Morgan fingerprint density at radius 1 is 1.32 bits per heavy atom. The fraction of sp³-hybridized carbons (Fsp3) is 0.400. The predicted octanol–water partition coefficient (Wildman–Crippen LogP) is 2.64. The molecule has 0 aliphatic heterocycles. The normalized spacial score (nSPS) is 12.5. The van der Waals surface area contributed by atoms with E-state index >= 15 is 0 Å². The maximum Gasteiger partial charge on any atom is 0.228 e. The van der Waals surface area contributed by atoms with Gasteiger partial charge in [0.2, 0.25) is 11.7 Å². The fourth-order valence-electron chi connectivity index (χ4n) is 1.77.